The summed E-state index contributed by atoms with van der Waals surface area (Å²) in [4.78, 5) is 0. The fraction of sp³-hybridized carbons (Fsp3) is 0.571. The Balaban J connectivity index is 0.000000351. The number of hydrogen-bond acceptors (Lipinski definition) is 0. The van der Waals surface area contributed by atoms with Gasteiger partial charge in [0.2, 0.25) is 0 Å². The van der Waals surface area contributed by atoms with Gasteiger partial charge in [-0.1, -0.05) is 35.5 Å². The molecule has 0 heterocycles. The Morgan fingerprint density at radius 3 is 1.67 bits per heavy atom. The molecule has 104 valence electrons. The van der Waals surface area contributed by atoms with Crippen molar-refractivity contribution in [2.45, 2.75) is 48.4 Å². The fourth-order valence-electron chi connectivity index (χ4n) is 1.53. The van der Waals surface area contributed by atoms with Crippen LogP contribution in [0.25, 0.3) is 0 Å². The van der Waals surface area contributed by atoms with E-state index in [1.807, 2.05) is 6.07 Å². The van der Waals surface area contributed by atoms with E-state index in [2.05, 4.69) is 38.1 Å². The molecular weight excluding hydrogens is 386 g/mol. The Labute approximate surface area is 127 Å². The van der Waals surface area contributed by atoms with Crippen molar-refractivity contribution in [2.75, 3.05) is 0 Å². The number of unbranched alkanes of at least 4 members (excludes halogenated alkanes) is 2. The van der Waals surface area contributed by atoms with Crippen molar-refractivity contribution in [1.29, 1.82) is 0 Å². The molecule has 0 nitrogen and oxygen atoms in total. The summed E-state index contributed by atoms with van der Waals surface area (Å²) in [5.41, 5.74) is 0. The van der Waals surface area contributed by atoms with E-state index in [-0.39, 0.29) is 0 Å². The smallest absolute Gasteiger partial charge is 0.0384 e. The summed E-state index contributed by atoms with van der Waals surface area (Å²) in [6.07, 6.45) is 4.91. The van der Waals surface area contributed by atoms with Crippen molar-refractivity contribution >= 4 is 49.4 Å². The van der Waals surface area contributed by atoms with Crippen LogP contribution in [0.2, 0.25) is 8.87 Å². The van der Waals surface area contributed by atoms with Crippen LogP contribution in [-0.4, -0.2) is 26.4 Å². The van der Waals surface area contributed by atoms with Crippen LogP contribution in [-0.2, 0) is 0 Å². The summed E-state index contributed by atoms with van der Waals surface area (Å²) in [7, 11) is 13.7. The molecule has 0 aromatic heterocycles. The first-order chi connectivity index (χ1) is 8.52. The zero-order valence-electron chi connectivity index (χ0n) is 11.9. The molecule has 0 aliphatic rings. The Morgan fingerprint density at radius 2 is 1.39 bits per heavy atom. The minimum absolute atomic E-state index is 1.15. The minimum Gasteiger partial charge on any atom is -0.0708 e. The van der Waals surface area contributed by atoms with Crippen molar-refractivity contribution < 1.29 is 0 Å². The van der Waals surface area contributed by atoms with Gasteiger partial charge in [0.15, 0.2) is 0 Å². The van der Waals surface area contributed by atoms with Crippen LogP contribution < -0.4 is 5.19 Å². The Bertz CT molecular complexity index is 281. The van der Waals surface area contributed by atoms with Gasteiger partial charge in [0.25, 0.3) is 0 Å². The van der Waals surface area contributed by atoms with Crippen LogP contribution in [0.3, 0.4) is 0 Å². The van der Waals surface area contributed by atoms with Crippen LogP contribution >= 0.6 is 17.8 Å². The molecule has 0 aliphatic carbocycles. The van der Waals surface area contributed by atoms with Gasteiger partial charge in [-0.25, -0.2) is 0 Å². The third kappa shape index (κ3) is 11.9. The third-order valence-electron chi connectivity index (χ3n) is 2.73. The van der Waals surface area contributed by atoms with Crippen LogP contribution in [0.5, 0.6) is 0 Å². The molecule has 18 heavy (non-hydrogen) atoms. The van der Waals surface area contributed by atoms with E-state index >= 15 is 0 Å². The van der Waals surface area contributed by atoms with Crippen molar-refractivity contribution in [3.63, 3.8) is 0 Å². The second kappa shape index (κ2) is 11.6. The topological polar surface area (TPSA) is 0 Å². The van der Waals surface area contributed by atoms with Gasteiger partial charge in [0.05, 0.1) is 0 Å². The predicted octanol–water partition coefficient (Wildman–Crippen LogP) is 4.18. The summed E-state index contributed by atoms with van der Waals surface area (Å²) >= 11 is -2.49. The molecule has 0 N–H and O–H groups in total. The Kier molecular flexibility index (Phi) is 12.2. The molecule has 0 amide bonds. The first kappa shape index (κ1) is 18.8. The SMILES string of the molecule is CCC[CH2][Sn]([Cl])([Cl])[CH2]CCC.[SiH3]c1ccccc1. The standard InChI is InChI=1S/C6H8Si.2C4H9.2ClH.Sn/c7-6-4-2-1-3-5-6;2*1-3-4-2;;;/h1-5H,7H3;2*1,3-4H2,2H3;2*1H;/q;;;;;+2/p-2. The summed E-state index contributed by atoms with van der Waals surface area (Å²) < 4.78 is 2.29. The quantitative estimate of drug-likeness (QED) is 0.616. The normalized spacial score (nSPS) is 10.9. The van der Waals surface area contributed by atoms with E-state index < -0.39 is 16.1 Å². The molecule has 1 aromatic rings. The zero-order valence-corrected chi connectivity index (χ0v) is 18.3. The Hall–Kier alpha value is 0.816. The molecule has 0 bridgehead atoms. The number of halogens is 2. The van der Waals surface area contributed by atoms with Crippen molar-refractivity contribution in [3.8, 4) is 0 Å². The molecule has 0 atom stereocenters. The van der Waals surface area contributed by atoms with E-state index in [0.717, 1.165) is 8.87 Å². The summed E-state index contributed by atoms with van der Waals surface area (Å²) in [6.45, 7) is 4.38. The second-order valence-corrected chi connectivity index (χ2v) is 24.6. The molecular formula is C14H26Cl2SiSn. The van der Waals surface area contributed by atoms with Gasteiger partial charge in [-0.05, 0) is 0 Å². The molecule has 0 spiro atoms. The third-order valence-corrected chi connectivity index (χ3v) is 14.7. The van der Waals surface area contributed by atoms with E-state index in [1.165, 1.54) is 41.1 Å². The molecule has 0 unspecified atom stereocenters. The molecule has 1 aromatic carbocycles. The van der Waals surface area contributed by atoms with E-state index in [1.54, 1.807) is 0 Å². The molecule has 4 heteroatoms. The van der Waals surface area contributed by atoms with Gasteiger partial charge in [-0.3, -0.25) is 0 Å². The molecule has 1 rings (SSSR count). The van der Waals surface area contributed by atoms with Crippen LogP contribution in [0.15, 0.2) is 30.3 Å². The van der Waals surface area contributed by atoms with Gasteiger partial charge in [0.1, 0.15) is 0 Å². The van der Waals surface area contributed by atoms with Gasteiger partial charge in [-0.15, -0.1) is 0 Å². The summed E-state index contributed by atoms with van der Waals surface area (Å²) in [5.74, 6) is 0. The van der Waals surface area contributed by atoms with E-state index in [9.17, 15) is 0 Å². The molecule has 0 radical (unpaired) electrons. The van der Waals surface area contributed by atoms with E-state index in [4.69, 9.17) is 17.8 Å². The molecule has 0 saturated carbocycles. The maximum Gasteiger partial charge on any atom is 0.0384 e. The summed E-state index contributed by atoms with van der Waals surface area (Å²) in [6, 6.07) is 10.5. The van der Waals surface area contributed by atoms with Crippen molar-refractivity contribution in [1.82, 2.24) is 0 Å². The second-order valence-electron chi connectivity index (χ2n) is 4.72. The number of hydrogen-bond donors (Lipinski definition) is 0. The zero-order chi connectivity index (χ0) is 13.9. The maximum atomic E-state index is 6.27. The monoisotopic (exact) mass is 412 g/mol. The molecule has 0 fully saturated rings. The average Bonchev–Trinajstić information content (AvgIpc) is 2.36. The average molecular weight is 412 g/mol. The fourth-order valence-corrected chi connectivity index (χ4v) is 11.2. The molecule has 0 saturated heterocycles. The first-order valence-electron chi connectivity index (χ1n) is 6.91. The van der Waals surface area contributed by atoms with Gasteiger partial charge < -0.3 is 0 Å². The van der Waals surface area contributed by atoms with Crippen LogP contribution in [0.4, 0.5) is 0 Å². The van der Waals surface area contributed by atoms with Gasteiger partial charge >= 0.3 is 82.4 Å². The largest absolute Gasteiger partial charge is 0.0708 e. The number of benzene rings is 1. The van der Waals surface area contributed by atoms with Crippen LogP contribution in [0.1, 0.15) is 39.5 Å². The van der Waals surface area contributed by atoms with Gasteiger partial charge in [-0.2, -0.15) is 0 Å². The van der Waals surface area contributed by atoms with Crippen molar-refractivity contribution in [2.24, 2.45) is 0 Å². The Morgan fingerprint density at radius 1 is 0.944 bits per heavy atom. The minimum atomic E-state index is -2.49. The molecule has 0 aliphatic heterocycles. The van der Waals surface area contributed by atoms with E-state index in [0.29, 0.717) is 0 Å². The maximum absolute atomic E-state index is 6.27. The predicted molar refractivity (Wildman–Crippen MR) is 92.9 cm³/mol. The van der Waals surface area contributed by atoms with Crippen molar-refractivity contribution in [3.05, 3.63) is 30.3 Å². The van der Waals surface area contributed by atoms with Gasteiger partial charge in [0, 0.05) is 10.2 Å². The first-order valence-corrected chi connectivity index (χ1v) is 19.2. The number of rotatable bonds is 6. The summed E-state index contributed by atoms with van der Waals surface area (Å²) in [5, 5.41) is 1.46. The van der Waals surface area contributed by atoms with Crippen LogP contribution in [0, 0.1) is 0 Å².